The molecule has 3 nitrogen and oxygen atoms in total. The third-order valence-electron chi connectivity index (χ3n) is 3.20. The van der Waals surface area contributed by atoms with Crippen molar-refractivity contribution in [1.82, 2.24) is 15.1 Å². The molecule has 0 saturated heterocycles. The Bertz CT molecular complexity index is 328. The summed E-state index contributed by atoms with van der Waals surface area (Å²) in [4.78, 5) is 0. The van der Waals surface area contributed by atoms with Crippen molar-refractivity contribution in [2.24, 2.45) is 11.3 Å². The maximum atomic E-state index is 4.38. The highest BCUT2D eigenvalue weighted by atomic mass is 35.5. The number of hydrogen-bond donors (Lipinski definition) is 1. The Hall–Kier alpha value is -0.250. The molecule has 0 atom stereocenters. The molecule has 0 aliphatic heterocycles. The van der Waals surface area contributed by atoms with Gasteiger partial charge >= 0.3 is 0 Å². The van der Waals surface area contributed by atoms with Crippen LogP contribution in [0.25, 0.3) is 0 Å². The van der Waals surface area contributed by atoms with E-state index in [0.717, 1.165) is 19.0 Å². The van der Waals surface area contributed by atoms with E-state index in [0.29, 0.717) is 5.41 Å². The van der Waals surface area contributed by atoms with Gasteiger partial charge in [-0.2, -0.15) is 5.10 Å². The summed E-state index contributed by atoms with van der Waals surface area (Å²) in [6.07, 6.45) is 6.80. The van der Waals surface area contributed by atoms with Crippen molar-refractivity contribution < 1.29 is 0 Å². The maximum absolute atomic E-state index is 4.38. The lowest BCUT2D eigenvalue weighted by atomic mass is 9.64. The summed E-state index contributed by atoms with van der Waals surface area (Å²) in [5, 5.41) is 7.52. The summed E-state index contributed by atoms with van der Waals surface area (Å²) in [6.45, 7) is 6.70. The van der Waals surface area contributed by atoms with Crippen LogP contribution in [0.2, 0.25) is 0 Å². The smallest absolute Gasteiger partial charge is 0.0534 e. The Kier molecular flexibility index (Phi) is 6.52. The van der Waals surface area contributed by atoms with Crippen LogP contribution in [0.4, 0.5) is 0 Å². The molecule has 0 unspecified atom stereocenters. The SMILES string of the molecule is CNCc1cnn(CC2CC(C)(C)C2)c1.Cl.Cl. The highest BCUT2D eigenvalue weighted by molar-refractivity contribution is 5.85. The van der Waals surface area contributed by atoms with E-state index in [9.17, 15) is 0 Å². The van der Waals surface area contributed by atoms with Gasteiger partial charge < -0.3 is 5.32 Å². The van der Waals surface area contributed by atoms with Crippen LogP contribution in [-0.2, 0) is 13.1 Å². The normalized spacial score (nSPS) is 17.8. The van der Waals surface area contributed by atoms with Crippen molar-refractivity contribution in [3.8, 4) is 0 Å². The highest BCUT2D eigenvalue weighted by Crippen LogP contribution is 2.45. The van der Waals surface area contributed by atoms with E-state index in [1.54, 1.807) is 0 Å². The van der Waals surface area contributed by atoms with Gasteiger partial charge in [0, 0.05) is 24.8 Å². The summed E-state index contributed by atoms with van der Waals surface area (Å²) in [5.41, 5.74) is 1.85. The highest BCUT2D eigenvalue weighted by Gasteiger charge is 2.35. The first kappa shape index (κ1) is 16.8. The number of aromatic nitrogens is 2. The van der Waals surface area contributed by atoms with Crippen LogP contribution >= 0.6 is 24.8 Å². The molecule has 1 aromatic heterocycles. The topological polar surface area (TPSA) is 29.9 Å². The lowest BCUT2D eigenvalue weighted by molar-refractivity contribution is 0.0800. The van der Waals surface area contributed by atoms with Crippen molar-refractivity contribution in [3.05, 3.63) is 18.0 Å². The summed E-state index contributed by atoms with van der Waals surface area (Å²) in [7, 11) is 1.96. The summed E-state index contributed by atoms with van der Waals surface area (Å²) < 4.78 is 2.09. The van der Waals surface area contributed by atoms with Crippen LogP contribution in [0.15, 0.2) is 12.4 Å². The quantitative estimate of drug-likeness (QED) is 0.919. The van der Waals surface area contributed by atoms with Gasteiger partial charge in [0.05, 0.1) is 6.20 Å². The molecule has 1 heterocycles. The van der Waals surface area contributed by atoms with Gasteiger partial charge in [-0.05, 0) is 31.2 Å². The van der Waals surface area contributed by atoms with Gasteiger partial charge in [-0.15, -0.1) is 24.8 Å². The second kappa shape index (κ2) is 6.62. The van der Waals surface area contributed by atoms with Crippen LogP contribution in [0.3, 0.4) is 0 Å². The van der Waals surface area contributed by atoms with E-state index < -0.39 is 0 Å². The molecule has 100 valence electrons. The van der Waals surface area contributed by atoms with Crippen LogP contribution in [-0.4, -0.2) is 16.8 Å². The Morgan fingerprint density at radius 2 is 2.06 bits per heavy atom. The standard InChI is InChI=1S/C12H21N3.2ClH/c1-12(2)4-10(5-12)8-15-9-11(6-13-3)7-14-15;;/h7,9-10,13H,4-6,8H2,1-3H3;2*1H. The molecule has 0 radical (unpaired) electrons. The number of hydrogen-bond acceptors (Lipinski definition) is 2. The van der Waals surface area contributed by atoms with E-state index in [4.69, 9.17) is 0 Å². The molecule has 0 aromatic carbocycles. The minimum Gasteiger partial charge on any atom is -0.316 e. The molecular formula is C12H23Cl2N3. The second-order valence-electron chi connectivity index (χ2n) is 5.54. The minimum absolute atomic E-state index is 0. The van der Waals surface area contributed by atoms with Crippen LogP contribution in [0.1, 0.15) is 32.3 Å². The number of halogens is 2. The van der Waals surface area contributed by atoms with E-state index in [2.05, 4.69) is 35.1 Å². The average molecular weight is 280 g/mol. The van der Waals surface area contributed by atoms with E-state index in [1.165, 1.54) is 18.4 Å². The molecule has 1 aromatic rings. The third kappa shape index (κ3) is 4.49. The molecule has 0 amide bonds. The largest absolute Gasteiger partial charge is 0.316 e. The van der Waals surface area contributed by atoms with E-state index in [1.807, 2.05) is 13.2 Å². The first-order valence-corrected chi connectivity index (χ1v) is 5.75. The Balaban J connectivity index is 0.00000128. The Morgan fingerprint density at radius 1 is 1.41 bits per heavy atom. The summed E-state index contributed by atoms with van der Waals surface area (Å²) in [6, 6.07) is 0. The molecule has 0 spiro atoms. The van der Waals surface area contributed by atoms with Gasteiger partial charge in [-0.3, -0.25) is 4.68 Å². The number of rotatable bonds is 4. The summed E-state index contributed by atoms with van der Waals surface area (Å²) in [5.74, 6) is 0.835. The zero-order chi connectivity index (χ0) is 10.9. The molecule has 2 rings (SSSR count). The van der Waals surface area contributed by atoms with Crippen LogP contribution in [0, 0.1) is 11.3 Å². The molecule has 1 N–H and O–H groups in total. The van der Waals surface area contributed by atoms with E-state index in [-0.39, 0.29) is 24.8 Å². The number of nitrogens with zero attached hydrogens (tertiary/aromatic N) is 2. The molecule has 5 heteroatoms. The molecule has 17 heavy (non-hydrogen) atoms. The Labute approximate surface area is 116 Å². The fourth-order valence-corrected chi connectivity index (χ4v) is 2.70. The predicted octanol–water partition coefficient (Wildman–Crippen LogP) is 2.88. The lowest BCUT2D eigenvalue weighted by Gasteiger charge is -2.42. The average Bonchev–Trinajstić information content (AvgIpc) is 2.50. The van der Waals surface area contributed by atoms with Gasteiger partial charge in [-0.1, -0.05) is 13.8 Å². The fraction of sp³-hybridized carbons (Fsp3) is 0.750. The van der Waals surface area contributed by atoms with Gasteiger partial charge in [0.15, 0.2) is 0 Å². The van der Waals surface area contributed by atoms with Crippen molar-refractivity contribution in [3.63, 3.8) is 0 Å². The van der Waals surface area contributed by atoms with E-state index >= 15 is 0 Å². The van der Waals surface area contributed by atoms with Gasteiger partial charge in [0.25, 0.3) is 0 Å². The van der Waals surface area contributed by atoms with Gasteiger partial charge in [-0.25, -0.2) is 0 Å². The van der Waals surface area contributed by atoms with Crippen LogP contribution in [0.5, 0.6) is 0 Å². The molecule has 1 saturated carbocycles. The maximum Gasteiger partial charge on any atom is 0.0534 e. The molecule has 1 aliphatic rings. The zero-order valence-electron chi connectivity index (χ0n) is 10.8. The van der Waals surface area contributed by atoms with Crippen molar-refractivity contribution in [2.75, 3.05) is 7.05 Å². The monoisotopic (exact) mass is 279 g/mol. The van der Waals surface area contributed by atoms with Gasteiger partial charge in [0.1, 0.15) is 0 Å². The zero-order valence-corrected chi connectivity index (χ0v) is 12.4. The molecule has 1 aliphatic carbocycles. The lowest BCUT2D eigenvalue weighted by Crippen LogP contribution is -2.34. The molecule has 0 bridgehead atoms. The van der Waals surface area contributed by atoms with Gasteiger partial charge in [0.2, 0.25) is 0 Å². The minimum atomic E-state index is 0. The van der Waals surface area contributed by atoms with Crippen LogP contribution < -0.4 is 5.32 Å². The summed E-state index contributed by atoms with van der Waals surface area (Å²) >= 11 is 0. The first-order chi connectivity index (χ1) is 7.09. The molecule has 1 fully saturated rings. The third-order valence-corrected chi connectivity index (χ3v) is 3.20. The molecular weight excluding hydrogens is 257 g/mol. The number of nitrogens with one attached hydrogen (secondary N) is 1. The van der Waals surface area contributed by atoms with Crippen molar-refractivity contribution in [1.29, 1.82) is 0 Å². The van der Waals surface area contributed by atoms with Crippen molar-refractivity contribution in [2.45, 2.75) is 39.8 Å². The second-order valence-corrected chi connectivity index (χ2v) is 5.54. The van der Waals surface area contributed by atoms with Crippen molar-refractivity contribution >= 4 is 24.8 Å². The Morgan fingerprint density at radius 3 is 2.59 bits per heavy atom. The predicted molar refractivity (Wildman–Crippen MR) is 76.0 cm³/mol. The fourth-order valence-electron chi connectivity index (χ4n) is 2.70. The first-order valence-electron chi connectivity index (χ1n) is 5.75.